The van der Waals surface area contributed by atoms with Crippen LogP contribution in [0.2, 0.25) is 0 Å². The molecular weight excluding hydrogens is 250 g/mol. The number of amides is 1. The summed E-state index contributed by atoms with van der Waals surface area (Å²) in [5, 5.41) is 4.45. The fourth-order valence-corrected chi connectivity index (χ4v) is 2.55. The van der Waals surface area contributed by atoms with Crippen molar-refractivity contribution in [3.8, 4) is 0 Å². The number of carbonyl (C=O) groups is 1. The maximum atomic E-state index is 12.0. The lowest BCUT2D eigenvalue weighted by Gasteiger charge is -2.14. The van der Waals surface area contributed by atoms with Crippen LogP contribution in [0, 0.1) is 0 Å². The van der Waals surface area contributed by atoms with Crippen LogP contribution in [0.25, 0.3) is 16.5 Å². The molecule has 0 saturated carbocycles. The summed E-state index contributed by atoms with van der Waals surface area (Å²) in [4.78, 5) is 16.8. The number of rotatable bonds is 2. The second kappa shape index (κ2) is 5.13. The van der Waals surface area contributed by atoms with E-state index in [1.807, 2.05) is 6.07 Å². The van der Waals surface area contributed by atoms with E-state index in [4.69, 9.17) is 0 Å². The van der Waals surface area contributed by atoms with E-state index in [0.717, 1.165) is 30.4 Å². The van der Waals surface area contributed by atoms with Gasteiger partial charge in [0.2, 0.25) is 0 Å². The molecular formula is C16H19N3O. The third-order valence-corrected chi connectivity index (χ3v) is 3.66. The number of nitrogens with one attached hydrogen (secondary N) is 2. The Bertz CT molecular complexity index is 682. The molecule has 4 nitrogen and oxygen atoms in total. The Kier molecular flexibility index (Phi) is 3.32. The first-order valence-electron chi connectivity index (χ1n) is 6.90. The largest absolute Gasteiger partial charge is 0.351 e. The number of benzene rings is 1. The van der Waals surface area contributed by atoms with Gasteiger partial charge in [-0.05, 0) is 36.2 Å². The molecule has 0 atom stereocenters. The lowest BCUT2D eigenvalue weighted by atomic mass is 10.0. The van der Waals surface area contributed by atoms with Crippen molar-refractivity contribution in [3.05, 3.63) is 41.6 Å². The van der Waals surface area contributed by atoms with Crippen molar-refractivity contribution >= 4 is 22.4 Å². The molecule has 1 amide bonds. The molecule has 1 aromatic heterocycles. The van der Waals surface area contributed by atoms with Crippen LogP contribution in [0.15, 0.2) is 30.3 Å². The molecule has 104 valence electrons. The predicted molar refractivity (Wildman–Crippen MR) is 81.8 cm³/mol. The fourth-order valence-electron chi connectivity index (χ4n) is 2.55. The Balaban J connectivity index is 1.99. The topological polar surface area (TPSA) is 48.1 Å². The van der Waals surface area contributed by atoms with E-state index in [1.165, 1.54) is 11.1 Å². The molecule has 0 saturated heterocycles. The van der Waals surface area contributed by atoms with E-state index in [2.05, 4.69) is 34.6 Å². The normalized spacial score (nSPS) is 15.2. The summed E-state index contributed by atoms with van der Waals surface area (Å²) in [7, 11) is 3.52. The lowest BCUT2D eigenvalue weighted by Crippen LogP contribution is -2.21. The smallest absolute Gasteiger partial charge is 0.269 e. The molecule has 0 bridgehead atoms. The standard InChI is InChI=1S/C16H19N3O/c1-19(2)16(20)15-9-12-6-5-11(8-14(12)18-15)13-4-3-7-17-10-13/h4-6,8-9,17-18H,3,7,10H2,1-2H3. The van der Waals surface area contributed by atoms with Crippen LogP contribution in [0.4, 0.5) is 0 Å². The van der Waals surface area contributed by atoms with Crippen LogP contribution in [0.5, 0.6) is 0 Å². The van der Waals surface area contributed by atoms with Gasteiger partial charge in [-0.2, -0.15) is 0 Å². The lowest BCUT2D eigenvalue weighted by molar-refractivity contribution is 0.0823. The summed E-state index contributed by atoms with van der Waals surface area (Å²) >= 11 is 0. The highest BCUT2D eigenvalue weighted by Gasteiger charge is 2.12. The molecule has 0 spiro atoms. The first-order chi connectivity index (χ1) is 9.65. The van der Waals surface area contributed by atoms with Crippen molar-refractivity contribution in [1.29, 1.82) is 0 Å². The van der Waals surface area contributed by atoms with Crippen LogP contribution in [-0.2, 0) is 0 Å². The quantitative estimate of drug-likeness (QED) is 0.878. The van der Waals surface area contributed by atoms with Gasteiger partial charge in [0.15, 0.2) is 0 Å². The van der Waals surface area contributed by atoms with E-state index in [-0.39, 0.29) is 5.91 Å². The average molecular weight is 269 g/mol. The Hall–Kier alpha value is -2.07. The molecule has 1 aromatic carbocycles. The second-order valence-electron chi connectivity index (χ2n) is 5.38. The zero-order chi connectivity index (χ0) is 14.1. The Morgan fingerprint density at radius 1 is 1.25 bits per heavy atom. The Morgan fingerprint density at radius 2 is 2.10 bits per heavy atom. The summed E-state index contributed by atoms with van der Waals surface area (Å²) in [6.07, 6.45) is 3.36. The van der Waals surface area contributed by atoms with Gasteiger partial charge in [-0.3, -0.25) is 4.79 Å². The third kappa shape index (κ3) is 2.34. The Morgan fingerprint density at radius 3 is 2.80 bits per heavy atom. The minimum Gasteiger partial charge on any atom is -0.351 e. The van der Waals surface area contributed by atoms with Crippen LogP contribution >= 0.6 is 0 Å². The van der Waals surface area contributed by atoms with Gasteiger partial charge in [0.25, 0.3) is 5.91 Å². The highest BCUT2D eigenvalue weighted by atomic mass is 16.2. The van der Waals surface area contributed by atoms with Crippen molar-refractivity contribution in [1.82, 2.24) is 15.2 Å². The van der Waals surface area contributed by atoms with Gasteiger partial charge in [-0.15, -0.1) is 0 Å². The highest BCUT2D eigenvalue weighted by Crippen LogP contribution is 2.23. The summed E-state index contributed by atoms with van der Waals surface area (Å²) in [5.74, 6) is 0.00120. The molecule has 0 unspecified atom stereocenters. The van der Waals surface area contributed by atoms with E-state index < -0.39 is 0 Å². The number of aromatic nitrogens is 1. The van der Waals surface area contributed by atoms with E-state index >= 15 is 0 Å². The van der Waals surface area contributed by atoms with Gasteiger partial charge >= 0.3 is 0 Å². The highest BCUT2D eigenvalue weighted by molar-refractivity contribution is 5.98. The van der Waals surface area contributed by atoms with Crippen molar-refractivity contribution in [3.63, 3.8) is 0 Å². The molecule has 2 aromatic rings. The molecule has 2 N–H and O–H groups in total. The number of aromatic amines is 1. The van der Waals surface area contributed by atoms with E-state index in [9.17, 15) is 4.79 Å². The summed E-state index contributed by atoms with van der Waals surface area (Å²) in [6.45, 7) is 1.96. The molecule has 1 aliphatic rings. The van der Waals surface area contributed by atoms with Crippen molar-refractivity contribution in [2.24, 2.45) is 0 Å². The van der Waals surface area contributed by atoms with Gasteiger partial charge in [0.05, 0.1) is 0 Å². The van der Waals surface area contributed by atoms with Gasteiger partial charge in [-0.25, -0.2) is 0 Å². The molecule has 20 heavy (non-hydrogen) atoms. The number of H-pyrrole nitrogens is 1. The maximum absolute atomic E-state index is 12.0. The van der Waals surface area contributed by atoms with Crippen molar-refractivity contribution in [2.75, 3.05) is 27.2 Å². The first-order valence-corrected chi connectivity index (χ1v) is 6.90. The number of carbonyl (C=O) groups excluding carboxylic acids is 1. The molecule has 0 fully saturated rings. The predicted octanol–water partition coefficient (Wildman–Crippen LogP) is 2.25. The summed E-state index contributed by atoms with van der Waals surface area (Å²) < 4.78 is 0. The molecule has 3 rings (SSSR count). The molecule has 1 aliphatic heterocycles. The van der Waals surface area contributed by atoms with Crippen molar-refractivity contribution in [2.45, 2.75) is 6.42 Å². The summed E-state index contributed by atoms with van der Waals surface area (Å²) in [6, 6.07) is 8.23. The van der Waals surface area contributed by atoms with E-state index in [0.29, 0.717) is 5.69 Å². The second-order valence-corrected chi connectivity index (χ2v) is 5.38. The minimum absolute atomic E-state index is 0.00120. The zero-order valence-electron chi connectivity index (χ0n) is 11.9. The molecule has 0 radical (unpaired) electrons. The monoisotopic (exact) mass is 269 g/mol. The van der Waals surface area contributed by atoms with Gasteiger partial charge < -0.3 is 15.2 Å². The van der Waals surface area contributed by atoms with Gasteiger partial charge in [0.1, 0.15) is 5.69 Å². The number of hydrogen-bond donors (Lipinski definition) is 2. The third-order valence-electron chi connectivity index (χ3n) is 3.66. The molecule has 0 aliphatic carbocycles. The SMILES string of the molecule is CN(C)C(=O)c1cc2ccc(C3=CCCNC3)cc2[nH]1. The molecule has 4 heteroatoms. The average Bonchev–Trinajstić information content (AvgIpc) is 2.90. The number of fused-ring (bicyclic) bond motifs is 1. The van der Waals surface area contributed by atoms with Crippen molar-refractivity contribution < 1.29 is 4.79 Å². The number of hydrogen-bond acceptors (Lipinski definition) is 2. The first kappa shape index (κ1) is 12.9. The van der Waals surface area contributed by atoms with Gasteiger partial charge in [-0.1, -0.05) is 18.2 Å². The Labute approximate surface area is 118 Å². The summed E-state index contributed by atoms with van der Waals surface area (Å²) in [5.41, 5.74) is 4.20. The fraction of sp³-hybridized carbons (Fsp3) is 0.312. The maximum Gasteiger partial charge on any atom is 0.269 e. The van der Waals surface area contributed by atoms with Crippen LogP contribution in [0.1, 0.15) is 22.5 Å². The van der Waals surface area contributed by atoms with Crippen LogP contribution in [-0.4, -0.2) is 43.0 Å². The molecule has 2 heterocycles. The van der Waals surface area contributed by atoms with Crippen LogP contribution in [0.3, 0.4) is 0 Å². The van der Waals surface area contributed by atoms with Gasteiger partial charge in [0, 0.05) is 31.5 Å². The van der Waals surface area contributed by atoms with Crippen LogP contribution < -0.4 is 5.32 Å². The zero-order valence-corrected chi connectivity index (χ0v) is 11.9. The number of nitrogens with zero attached hydrogens (tertiary/aromatic N) is 1. The van der Waals surface area contributed by atoms with E-state index in [1.54, 1.807) is 19.0 Å². The minimum atomic E-state index is 0.00120.